The fraction of sp³-hybridized carbons (Fsp3) is 0.250. The molecule has 0 saturated heterocycles. The van der Waals surface area contributed by atoms with Gasteiger partial charge in [-0.3, -0.25) is 0 Å². The zero-order chi connectivity index (χ0) is 8.27. The minimum Gasteiger partial charge on any atom is -0.330 e. The zero-order valence-corrected chi connectivity index (χ0v) is 6.18. The molecule has 3 heteroatoms. The van der Waals surface area contributed by atoms with Gasteiger partial charge in [0.2, 0.25) is 0 Å². The molecule has 1 rings (SSSR count). The van der Waals surface area contributed by atoms with E-state index in [2.05, 4.69) is 0 Å². The van der Waals surface area contributed by atoms with Crippen molar-refractivity contribution in [2.75, 3.05) is 6.54 Å². The first-order chi connectivity index (χ1) is 5.24. The highest BCUT2D eigenvalue weighted by Crippen LogP contribution is 2.03. The van der Waals surface area contributed by atoms with Crippen LogP contribution in [0.25, 0.3) is 0 Å². The predicted octanol–water partition coefficient (Wildman–Crippen LogP) is 0.121. The van der Waals surface area contributed by atoms with E-state index in [1.54, 1.807) is 12.1 Å². The molecule has 0 fully saturated rings. The van der Waals surface area contributed by atoms with Gasteiger partial charge in [0, 0.05) is 0 Å². The van der Waals surface area contributed by atoms with Gasteiger partial charge in [0.25, 0.3) is 0 Å². The topological polar surface area (TPSA) is 26.0 Å². The predicted molar refractivity (Wildman–Crippen MR) is 44.5 cm³/mol. The van der Waals surface area contributed by atoms with E-state index in [4.69, 9.17) is 13.6 Å². The lowest BCUT2D eigenvalue weighted by atomic mass is 9.94. The average Bonchev–Trinajstić information content (AvgIpc) is 1.95. The molecule has 0 bridgehead atoms. The third-order valence-corrected chi connectivity index (χ3v) is 1.49. The van der Waals surface area contributed by atoms with Gasteiger partial charge in [-0.1, -0.05) is 17.6 Å². The van der Waals surface area contributed by atoms with Gasteiger partial charge in [-0.25, -0.2) is 4.39 Å². The van der Waals surface area contributed by atoms with Crippen LogP contribution in [0.4, 0.5) is 4.39 Å². The van der Waals surface area contributed by atoms with Crippen LogP contribution in [0.1, 0.15) is 5.56 Å². The fourth-order valence-electron chi connectivity index (χ4n) is 0.922. The Bertz CT molecular complexity index is 250. The highest BCUT2D eigenvalue weighted by molar-refractivity contribution is 6.32. The lowest BCUT2D eigenvalue weighted by Gasteiger charge is -2.01. The van der Waals surface area contributed by atoms with Crippen LogP contribution in [-0.2, 0) is 6.42 Å². The highest BCUT2D eigenvalue weighted by atomic mass is 19.1. The monoisotopic (exact) mass is 149 g/mol. The van der Waals surface area contributed by atoms with Crippen molar-refractivity contribution in [1.29, 1.82) is 0 Å². The first-order valence-corrected chi connectivity index (χ1v) is 3.48. The van der Waals surface area contributed by atoms with Crippen molar-refractivity contribution in [1.82, 2.24) is 0 Å². The van der Waals surface area contributed by atoms with Crippen LogP contribution in [-0.4, -0.2) is 14.4 Å². The van der Waals surface area contributed by atoms with Gasteiger partial charge < -0.3 is 5.73 Å². The minimum atomic E-state index is -0.268. The summed E-state index contributed by atoms with van der Waals surface area (Å²) < 4.78 is 12.9. The van der Waals surface area contributed by atoms with Gasteiger partial charge in [0.05, 0.1) is 0 Å². The summed E-state index contributed by atoms with van der Waals surface area (Å²) in [5.41, 5.74) is 6.34. The molecular formula is C8H9BFN. The molecule has 56 valence electrons. The molecule has 1 aromatic rings. The Morgan fingerprint density at radius 2 is 2.18 bits per heavy atom. The summed E-state index contributed by atoms with van der Waals surface area (Å²) in [6.45, 7) is 0.459. The first-order valence-electron chi connectivity index (χ1n) is 3.48. The van der Waals surface area contributed by atoms with Crippen LogP contribution in [0.5, 0.6) is 0 Å². The lowest BCUT2D eigenvalue weighted by Crippen LogP contribution is -2.08. The Labute approximate surface area is 66.8 Å². The van der Waals surface area contributed by atoms with Crippen molar-refractivity contribution in [2.24, 2.45) is 5.73 Å². The Kier molecular flexibility index (Phi) is 2.66. The second-order valence-corrected chi connectivity index (χ2v) is 2.39. The molecule has 0 aliphatic heterocycles. The summed E-state index contributed by atoms with van der Waals surface area (Å²) in [6.07, 6.45) is 0.562. The van der Waals surface area contributed by atoms with Gasteiger partial charge in [-0.05, 0) is 24.6 Å². The third-order valence-electron chi connectivity index (χ3n) is 1.49. The summed E-state index contributed by atoms with van der Waals surface area (Å²) in [5.74, 6) is -0.268. The normalized spacial score (nSPS) is 10.0. The summed E-state index contributed by atoms with van der Waals surface area (Å²) in [5, 5.41) is 0. The second kappa shape index (κ2) is 3.53. The SMILES string of the molecule is [B]c1ccc(CCN)c(F)c1. The molecule has 11 heavy (non-hydrogen) atoms. The van der Waals surface area contributed by atoms with Crippen LogP contribution in [0, 0.1) is 5.82 Å². The third kappa shape index (κ3) is 2.05. The molecule has 2 N–H and O–H groups in total. The van der Waals surface area contributed by atoms with E-state index in [-0.39, 0.29) is 5.82 Å². The maximum absolute atomic E-state index is 12.9. The lowest BCUT2D eigenvalue weighted by molar-refractivity contribution is 0.611. The molecule has 1 aromatic carbocycles. The number of hydrogen-bond donors (Lipinski definition) is 1. The van der Waals surface area contributed by atoms with Crippen molar-refractivity contribution in [3.63, 3.8) is 0 Å². The molecular weight excluding hydrogens is 140 g/mol. The van der Waals surface area contributed by atoms with Gasteiger partial charge in [-0.15, -0.1) is 0 Å². The number of rotatable bonds is 2. The van der Waals surface area contributed by atoms with Crippen LogP contribution in [0.2, 0.25) is 0 Å². The number of nitrogens with two attached hydrogens (primary N) is 1. The van der Waals surface area contributed by atoms with E-state index >= 15 is 0 Å². The van der Waals surface area contributed by atoms with E-state index in [9.17, 15) is 4.39 Å². The van der Waals surface area contributed by atoms with E-state index in [0.29, 0.717) is 24.0 Å². The fourth-order valence-corrected chi connectivity index (χ4v) is 0.922. The maximum Gasteiger partial charge on any atom is 0.125 e. The standard InChI is InChI=1S/C8H9BFN/c9-7-2-1-6(3-4-11)8(10)5-7/h1-2,5H,3-4,11H2. The van der Waals surface area contributed by atoms with Crippen molar-refractivity contribution < 1.29 is 4.39 Å². The highest BCUT2D eigenvalue weighted by Gasteiger charge is 1.99. The number of halogens is 1. The number of benzene rings is 1. The van der Waals surface area contributed by atoms with E-state index < -0.39 is 0 Å². The molecule has 1 nitrogen and oxygen atoms in total. The van der Waals surface area contributed by atoms with Gasteiger partial charge in [-0.2, -0.15) is 0 Å². The van der Waals surface area contributed by atoms with Crippen molar-refractivity contribution >= 4 is 13.3 Å². The van der Waals surface area contributed by atoms with Crippen molar-refractivity contribution in [3.05, 3.63) is 29.6 Å². The molecule has 0 aliphatic rings. The van der Waals surface area contributed by atoms with E-state index in [0.717, 1.165) is 0 Å². The first kappa shape index (κ1) is 8.27. The van der Waals surface area contributed by atoms with Crippen LogP contribution < -0.4 is 11.2 Å². The van der Waals surface area contributed by atoms with E-state index in [1.165, 1.54) is 6.07 Å². The minimum absolute atomic E-state index is 0.268. The molecule has 0 amide bonds. The molecule has 0 saturated carbocycles. The number of hydrogen-bond acceptors (Lipinski definition) is 1. The molecule has 0 unspecified atom stereocenters. The van der Waals surface area contributed by atoms with Crippen molar-refractivity contribution in [2.45, 2.75) is 6.42 Å². The summed E-state index contributed by atoms with van der Waals surface area (Å²) in [7, 11) is 5.35. The van der Waals surface area contributed by atoms with Crippen molar-refractivity contribution in [3.8, 4) is 0 Å². The summed E-state index contributed by atoms with van der Waals surface area (Å²) in [4.78, 5) is 0. The molecule has 0 atom stereocenters. The Hall–Kier alpha value is -0.825. The van der Waals surface area contributed by atoms with Gasteiger partial charge in [0.15, 0.2) is 0 Å². The van der Waals surface area contributed by atoms with E-state index in [1.807, 2.05) is 0 Å². The van der Waals surface area contributed by atoms with Gasteiger partial charge in [0.1, 0.15) is 13.7 Å². The Morgan fingerprint density at radius 1 is 1.45 bits per heavy atom. The summed E-state index contributed by atoms with van der Waals surface area (Å²) >= 11 is 0. The van der Waals surface area contributed by atoms with Crippen LogP contribution >= 0.6 is 0 Å². The molecule has 2 radical (unpaired) electrons. The van der Waals surface area contributed by atoms with Crippen LogP contribution in [0.3, 0.4) is 0 Å². The second-order valence-electron chi connectivity index (χ2n) is 2.39. The zero-order valence-electron chi connectivity index (χ0n) is 6.18. The average molecular weight is 149 g/mol. The smallest absolute Gasteiger partial charge is 0.125 e. The van der Waals surface area contributed by atoms with Crippen LogP contribution in [0.15, 0.2) is 18.2 Å². The maximum atomic E-state index is 12.9. The largest absolute Gasteiger partial charge is 0.330 e. The summed E-state index contributed by atoms with van der Waals surface area (Å²) in [6, 6.07) is 4.65. The molecule has 0 aromatic heterocycles. The Balaban J connectivity index is 2.90. The Morgan fingerprint density at radius 3 is 2.73 bits per heavy atom. The molecule has 0 spiro atoms. The van der Waals surface area contributed by atoms with Gasteiger partial charge >= 0.3 is 0 Å². The molecule has 0 aliphatic carbocycles. The quantitative estimate of drug-likeness (QED) is 0.593. The molecule has 0 heterocycles.